The third-order valence-electron chi connectivity index (χ3n) is 3.36. The second-order valence-electron chi connectivity index (χ2n) is 4.52. The molecule has 0 aliphatic carbocycles. The van der Waals surface area contributed by atoms with Crippen LogP contribution >= 0.6 is 0 Å². The van der Waals surface area contributed by atoms with Crippen LogP contribution in [0.5, 0.6) is 0 Å². The summed E-state index contributed by atoms with van der Waals surface area (Å²) in [4.78, 5) is 16.5. The van der Waals surface area contributed by atoms with Crippen LogP contribution in [0.25, 0.3) is 22.4 Å². The van der Waals surface area contributed by atoms with Crippen LogP contribution in [0.3, 0.4) is 0 Å². The molecule has 0 bridgehead atoms. The molecule has 2 aromatic carbocycles. The first-order valence-corrected chi connectivity index (χ1v) is 6.31. The van der Waals surface area contributed by atoms with Crippen LogP contribution in [0.1, 0.15) is 10.4 Å². The Morgan fingerprint density at radius 3 is 2.55 bits per heavy atom. The maximum absolute atomic E-state index is 11.9. The molecule has 0 spiro atoms. The summed E-state index contributed by atoms with van der Waals surface area (Å²) in [6.45, 7) is 0. The van der Waals surface area contributed by atoms with Gasteiger partial charge in [-0.3, -0.25) is 0 Å². The number of fused-ring (bicyclic) bond motifs is 1. The molecule has 3 rings (SSSR count). The van der Waals surface area contributed by atoms with Gasteiger partial charge in [0.25, 0.3) is 0 Å². The molecule has 0 aliphatic rings. The minimum absolute atomic E-state index is 0.354. The van der Waals surface area contributed by atoms with Gasteiger partial charge in [-0.05, 0) is 18.2 Å². The minimum Gasteiger partial charge on any atom is -0.465 e. The number of benzene rings is 2. The number of hydrogen-bond acceptors (Lipinski definition) is 3. The number of carbonyl (C=O) groups is 1. The smallest absolute Gasteiger partial charge is 0.338 e. The number of ether oxygens (including phenoxy) is 1. The van der Waals surface area contributed by atoms with E-state index in [0.717, 1.165) is 22.4 Å². The molecule has 1 heterocycles. The van der Waals surface area contributed by atoms with E-state index < -0.39 is 0 Å². The highest BCUT2D eigenvalue weighted by Crippen LogP contribution is 2.26. The van der Waals surface area contributed by atoms with E-state index in [9.17, 15) is 4.79 Å². The lowest BCUT2D eigenvalue weighted by molar-refractivity contribution is 0.0601. The average molecular weight is 266 g/mol. The number of methoxy groups -OCH3 is 1. The Bertz CT molecular complexity index is 790. The third kappa shape index (κ3) is 1.86. The standard InChI is InChI=1S/C16H14N2O2/c1-18-14-10-6-5-9-13(14)17-15(18)11-7-3-4-8-12(11)16(19)20-2/h3-10H,1-2H3. The first-order chi connectivity index (χ1) is 9.72. The summed E-state index contributed by atoms with van der Waals surface area (Å²) < 4.78 is 6.82. The minimum atomic E-state index is -0.354. The van der Waals surface area contributed by atoms with Gasteiger partial charge in [0.05, 0.1) is 23.7 Å². The molecule has 3 aromatic rings. The number of hydrogen-bond donors (Lipinski definition) is 0. The Morgan fingerprint density at radius 1 is 1.10 bits per heavy atom. The highest BCUT2D eigenvalue weighted by molar-refractivity contribution is 5.97. The zero-order valence-electron chi connectivity index (χ0n) is 11.3. The summed E-state index contributed by atoms with van der Waals surface area (Å²) in [5.41, 5.74) is 3.23. The van der Waals surface area contributed by atoms with Crippen molar-refractivity contribution in [1.82, 2.24) is 9.55 Å². The van der Waals surface area contributed by atoms with Gasteiger partial charge in [-0.25, -0.2) is 9.78 Å². The van der Waals surface area contributed by atoms with Gasteiger partial charge in [0.2, 0.25) is 0 Å². The molecular formula is C16H14N2O2. The van der Waals surface area contributed by atoms with Gasteiger partial charge in [-0.1, -0.05) is 30.3 Å². The van der Waals surface area contributed by atoms with Crippen molar-refractivity contribution < 1.29 is 9.53 Å². The van der Waals surface area contributed by atoms with Crippen molar-refractivity contribution in [3.63, 3.8) is 0 Å². The third-order valence-corrected chi connectivity index (χ3v) is 3.36. The molecule has 0 saturated heterocycles. The van der Waals surface area contributed by atoms with Crippen LogP contribution in [0, 0.1) is 0 Å². The molecule has 0 atom stereocenters. The lowest BCUT2D eigenvalue weighted by Gasteiger charge is -2.07. The quantitative estimate of drug-likeness (QED) is 0.670. The zero-order valence-corrected chi connectivity index (χ0v) is 11.3. The van der Waals surface area contributed by atoms with Gasteiger partial charge in [-0.15, -0.1) is 0 Å². The number of nitrogens with zero attached hydrogens (tertiary/aromatic N) is 2. The van der Waals surface area contributed by atoms with Gasteiger partial charge in [0, 0.05) is 12.6 Å². The Balaban J connectivity index is 2.26. The molecule has 0 saturated carbocycles. The largest absolute Gasteiger partial charge is 0.465 e. The average Bonchev–Trinajstić information content (AvgIpc) is 2.84. The second-order valence-corrected chi connectivity index (χ2v) is 4.52. The SMILES string of the molecule is COC(=O)c1ccccc1-c1nc2ccccc2n1C. The van der Waals surface area contributed by atoms with E-state index in [1.165, 1.54) is 7.11 Å². The molecule has 0 radical (unpaired) electrons. The Morgan fingerprint density at radius 2 is 1.80 bits per heavy atom. The normalized spacial score (nSPS) is 10.7. The molecule has 0 unspecified atom stereocenters. The lowest BCUT2D eigenvalue weighted by atomic mass is 10.1. The number of para-hydroxylation sites is 2. The first-order valence-electron chi connectivity index (χ1n) is 6.31. The van der Waals surface area contributed by atoms with E-state index >= 15 is 0 Å². The van der Waals surface area contributed by atoms with Crippen LogP contribution in [0.4, 0.5) is 0 Å². The predicted octanol–water partition coefficient (Wildman–Crippen LogP) is 3.03. The maximum Gasteiger partial charge on any atom is 0.338 e. The molecular weight excluding hydrogens is 252 g/mol. The molecule has 0 amide bonds. The number of aromatic nitrogens is 2. The second kappa shape index (κ2) is 4.81. The van der Waals surface area contributed by atoms with E-state index in [0.29, 0.717) is 5.56 Å². The Kier molecular flexibility index (Phi) is 2.99. The van der Waals surface area contributed by atoms with Gasteiger partial charge in [0.1, 0.15) is 5.82 Å². The number of imidazole rings is 1. The highest BCUT2D eigenvalue weighted by atomic mass is 16.5. The number of rotatable bonds is 2. The monoisotopic (exact) mass is 266 g/mol. The van der Waals surface area contributed by atoms with E-state index in [-0.39, 0.29) is 5.97 Å². The van der Waals surface area contributed by atoms with Crippen LogP contribution in [-0.4, -0.2) is 22.6 Å². The molecule has 1 aromatic heterocycles. The summed E-state index contributed by atoms with van der Waals surface area (Å²) in [5.74, 6) is 0.403. The van der Waals surface area contributed by atoms with Gasteiger partial charge in [-0.2, -0.15) is 0 Å². The number of carbonyl (C=O) groups excluding carboxylic acids is 1. The zero-order chi connectivity index (χ0) is 14.1. The number of aryl methyl sites for hydroxylation is 1. The van der Waals surface area contributed by atoms with Gasteiger partial charge >= 0.3 is 5.97 Å². The van der Waals surface area contributed by atoms with Crippen LogP contribution in [0.15, 0.2) is 48.5 Å². The fraction of sp³-hybridized carbons (Fsp3) is 0.125. The van der Waals surface area contributed by atoms with Crippen LogP contribution in [0.2, 0.25) is 0 Å². The van der Waals surface area contributed by atoms with Gasteiger partial charge < -0.3 is 9.30 Å². The van der Waals surface area contributed by atoms with E-state index in [1.54, 1.807) is 6.07 Å². The Labute approximate surface area is 116 Å². The van der Waals surface area contributed by atoms with Crippen molar-refractivity contribution in [2.75, 3.05) is 7.11 Å². The molecule has 4 nitrogen and oxygen atoms in total. The van der Waals surface area contributed by atoms with Crippen molar-refractivity contribution in [2.45, 2.75) is 0 Å². The van der Waals surface area contributed by atoms with Crippen molar-refractivity contribution >= 4 is 17.0 Å². The topological polar surface area (TPSA) is 44.1 Å². The Hall–Kier alpha value is -2.62. The molecule has 4 heteroatoms. The predicted molar refractivity (Wildman–Crippen MR) is 77.5 cm³/mol. The summed E-state index contributed by atoms with van der Waals surface area (Å²) in [5, 5.41) is 0. The summed E-state index contributed by atoms with van der Waals surface area (Å²) in [6, 6.07) is 15.2. The van der Waals surface area contributed by atoms with E-state index in [1.807, 2.05) is 54.1 Å². The van der Waals surface area contributed by atoms with Crippen LogP contribution < -0.4 is 0 Å². The highest BCUT2D eigenvalue weighted by Gasteiger charge is 2.17. The fourth-order valence-corrected chi connectivity index (χ4v) is 2.35. The number of esters is 1. The molecule has 0 N–H and O–H groups in total. The first kappa shape index (κ1) is 12.4. The van der Waals surface area contributed by atoms with Crippen molar-refractivity contribution in [2.24, 2.45) is 7.05 Å². The summed E-state index contributed by atoms with van der Waals surface area (Å²) in [7, 11) is 3.33. The van der Waals surface area contributed by atoms with Crippen molar-refractivity contribution in [3.8, 4) is 11.4 Å². The molecule has 0 aliphatic heterocycles. The molecule has 20 heavy (non-hydrogen) atoms. The van der Waals surface area contributed by atoms with Crippen LogP contribution in [-0.2, 0) is 11.8 Å². The summed E-state index contributed by atoms with van der Waals surface area (Å²) >= 11 is 0. The lowest BCUT2D eigenvalue weighted by Crippen LogP contribution is -2.05. The maximum atomic E-state index is 11.9. The fourth-order valence-electron chi connectivity index (χ4n) is 2.35. The van der Waals surface area contributed by atoms with Crippen molar-refractivity contribution in [1.29, 1.82) is 0 Å². The molecule has 100 valence electrons. The summed E-state index contributed by atoms with van der Waals surface area (Å²) in [6.07, 6.45) is 0. The van der Waals surface area contributed by atoms with Crippen molar-refractivity contribution in [3.05, 3.63) is 54.1 Å². The van der Waals surface area contributed by atoms with Gasteiger partial charge in [0.15, 0.2) is 0 Å². The molecule has 0 fully saturated rings. The van der Waals surface area contributed by atoms with E-state index in [4.69, 9.17) is 4.74 Å². The van der Waals surface area contributed by atoms with E-state index in [2.05, 4.69) is 4.98 Å².